The van der Waals surface area contributed by atoms with Gasteiger partial charge in [-0.15, -0.1) is 0 Å². The highest BCUT2D eigenvalue weighted by molar-refractivity contribution is 5.93. The lowest BCUT2D eigenvalue weighted by Crippen LogP contribution is -2.38. The smallest absolute Gasteiger partial charge is 0.270 e. The average Bonchev–Trinajstić information content (AvgIpc) is 3.27. The fourth-order valence-electron chi connectivity index (χ4n) is 3.77. The van der Waals surface area contributed by atoms with Crippen LogP contribution >= 0.6 is 0 Å². The maximum absolute atomic E-state index is 12.8. The molecule has 0 spiro atoms. The van der Waals surface area contributed by atoms with Gasteiger partial charge in [-0.25, -0.2) is 4.98 Å². The van der Waals surface area contributed by atoms with Crippen molar-refractivity contribution in [2.75, 3.05) is 13.1 Å². The third-order valence-corrected chi connectivity index (χ3v) is 5.51. The molecule has 33 heavy (non-hydrogen) atoms. The maximum atomic E-state index is 12.8. The molecule has 1 atom stereocenters. The lowest BCUT2D eigenvalue weighted by Gasteiger charge is -2.15. The van der Waals surface area contributed by atoms with Crippen LogP contribution in [-0.2, 0) is 19.4 Å². The molecule has 2 aromatic heterocycles. The van der Waals surface area contributed by atoms with Gasteiger partial charge >= 0.3 is 0 Å². The predicted molar refractivity (Wildman–Crippen MR) is 125 cm³/mol. The van der Waals surface area contributed by atoms with Crippen molar-refractivity contribution in [3.8, 4) is 5.75 Å². The topological polar surface area (TPSA) is 134 Å². The van der Waals surface area contributed by atoms with Gasteiger partial charge in [-0.3, -0.25) is 9.20 Å². The number of rotatable bonds is 12. The van der Waals surface area contributed by atoms with Crippen molar-refractivity contribution >= 4 is 11.6 Å². The Morgan fingerprint density at radius 1 is 1.24 bits per heavy atom. The van der Waals surface area contributed by atoms with E-state index in [1.807, 2.05) is 6.07 Å². The molecule has 0 saturated carbocycles. The Labute approximate surface area is 191 Å². The first-order valence-electron chi connectivity index (χ1n) is 10.9. The van der Waals surface area contributed by atoms with Crippen LogP contribution in [0, 0.1) is 4.91 Å². The van der Waals surface area contributed by atoms with Crippen molar-refractivity contribution in [2.45, 2.75) is 45.8 Å². The van der Waals surface area contributed by atoms with Gasteiger partial charge in [0.1, 0.15) is 18.8 Å². The first-order chi connectivity index (χ1) is 16.1. The van der Waals surface area contributed by atoms with Crippen LogP contribution in [-0.4, -0.2) is 34.4 Å². The minimum absolute atomic E-state index is 0.117. The van der Waals surface area contributed by atoms with E-state index < -0.39 is 11.9 Å². The average molecular weight is 450 g/mol. The number of nitroso groups, excluding NO2 is 1. The summed E-state index contributed by atoms with van der Waals surface area (Å²) in [7, 11) is 0. The summed E-state index contributed by atoms with van der Waals surface area (Å²) in [5.41, 5.74) is 12.9. The van der Waals surface area contributed by atoms with Crippen LogP contribution in [0.1, 0.15) is 47.4 Å². The number of hydrogen-bond acceptors (Lipinski definition) is 6. The van der Waals surface area contributed by atoms with Gasteiger partial charge in [0.2, 0.25) is 0 Å². The third kappa shape index (κ3) is 5.67. The van der Waals surface area contributed by atoms with Crippen LogP contribution in [0.4, 0.5) is 0 Å². The van der Waals surface area contributed by atoms with E-state index in [2.05, 4.69) is 57.6 Å². The molecule has 1 aromatic carbocycles. The van der Waals surface area contributed by atoms with Gasteiger partial charge in [0.25, 0.3) is 5.91 Å². The first kappa shape index (κ1) is 23.7. The summed E-state index contributed by atoms with van der Waals surface area (Å²) in [6.07, 6.45) is 5.34. The minimum Gasteiger partial charge on any atom is -0.485 e. The van der Waals surface area contributed by atoms with Gasteiger partial charge < -0.3 is 10.1 Å². The molecule has 3 aromatic rings. The van der Waals surface area contributed by atoms with Crippen molar-refractivity contribution in [2.24, 2.45) is 10.3 Å². The molecule has 0 radical (unpaired) electrons. The SMILES string of the molecule is CCc1cccc(CC)c1COc1cccn2c(C(=O)N[C@H](CCN=[N+]=[N-])CN=O)cnc12. The zero-order chi connectivity index (χ0) is 23.6. The number of azide groups is 1. The van der Waals surface area contributed by atoms with E-state index in [1.165, 1.54) is 22.9 Å². The van der Waals surface area contributed by atoms with Gasteiger partial charge in [-0.05, 0) is 53.6 Å². The molecule has 3 rings (SSSR count). The standard InChI is InChI=1S/C23H27N7O3/c1-3-16-7-5-8-17(4-2)19(16)15-33-21-9-6-12-30-20(14-25-22(21)30)23(31)28-18(13-27-32)10-11-26-29-24/h5-9,12,14,18H,3-4,10-11,13,15H2,1-2H3,(H,28,31)/t18-/m1/s1. The Bertz CT molecular complexity index is 1150. The molecule has 0 saturated heterocycles. The number of carbonyl (C=O) groups excluding carboxylic acids is 1. The van der Waals surface area contributed by atoms with E-state index in [1.54, 1.807) is 16.7 Å². The number of ether oxygens (including phenoxy) is 1. The van der Waals surface area contributed by atoms with Crippen LogP contribution in [0.2, 0.25) is 0 Å². The van der Waals surface area contributed by atoms with E-state index >= 15 is 0 Å². The number of nitrogens with one attached hydrogen (secondary N) is 1. The van der Waals surface area contributed by atoms with E-state index in [0.29, 0.717) is 30.1 Å². The zero-order valence-electron chi connectivity index (χ0n) is 18.8. The number of nitrogens with zero attached hydrogens (tertiary/aromatic N) is 6. The maximum Gasteiger partial charge on any atom is 0.270 e. The Balaban J connectivity index is 1.80. The summed E-state index contributed by atoms with van der Waals surface area (Å²) in [4.78, 5) is 30.6. The summed E-state index contributed by atoms with van der Waals surface area (Å²) in [6, 6.07) is 9.37. The second kappa shape index (κ2) is 11.6. The summed E-state index contributed by atoms with van der Waals surface area (Å²) in [5, 5.41) is 9.07. The lowest BCUT2D eigenvalue weighted by molar-refractivity contribution is 0.0931. The van der Waals surface area contributed by atoms with E-state index in [0.717, 1.165) is 12.8 Å². The number of benzene rings is 1. The van der Waals surface area contributed by atoms with Gasteiger partial charge in [-0.1, -0.05) is 42.3 Å². The summed E-state index contributed by atoms with van der Waals surface area (Å²) in [6.45, 7) is 4.69. The van der Waals surface area contributed by atoms with Crippen molar-refractivity contribution in [1.29, 1.82) is 0 Å². The highest BCUT2D eigenvalue weighted by atomic mass is 16.5. The van der Waals surface area contributed by atoms with Crippen LogP contribution in [0.15, 0.2) is 53.0 Å². The first-order valence-corrected chi connectivity index (χ1v) is 10.9. The fourth-order valence-corrected chi connectivity index (χ4v) is 3.77. The second-order valence-corrected chi connectivity index (χ2v) is 7.49. The summed E-state index contributed by atoms with van der Waals surface area (Å²) >= 11 is 0. The molecular weight excluding hydrogens is 422 g/mol. The number of hydrogen-bond donors (Lipinski definition) is 1. The number of carbonyl (C=O) groups is 1. The van der Waals surface area contributed by atoms with Crippen LogP contribution in [0.25, 0.3) is 16.1 Å². The minimum atomic E-state index is -0.538. The summed E-state index contributed by atoms with van der Waals surface area (Å²) in [5.74, 6) is 0.165. The number of fused-ring (bicyclic) bond motifs is 1. The predicted octanol–water partition coefficient (Wildman–Crippen LogP) is 4.60. The molecule has 10 nitrogen and oxygen atoms in total. The molecule has 0 aliphatic rings. The van der Waals surface area contributed by atoms with Gasteiger partial charge in [0.15, 0.2) is 11.4 Å². The number of aryl methyl sites for hydroxylation is 2. The Kier molecular flexibility index (Phi) is 8.37. The molecule has 1 N–H and O–H groups in total. The Hall–Kier alpha value is -3.91. The summed E-state index contributed by atoms with van der Waals surface area (Å²) < 4.78 is 7.80. The zero-order valence-corrected chi connectivity index (χ0v) is 18.8. The highest BCUT2D eigenvalue weighted by Crippen LogP contribution is 2.24. The van der Waals surface area contributed by atoms with Gasteiger partial charge in [0.05, 0.1) is 12.2 Å². The number of amides is 1. The molecule has 10 heteroatoms. The molecule has 1 amide bonds. The van der Waals surface area contributed by atoms with E-state index in [4.69, 9.17) is 10.3 Å². The normalized spacial score (nSPS) is 11.6. The van der Waals surface area contributed by atoms with Crippen LogP contribution in [0.5, 0.6) is 5.75 Å². The largest absolute Gasteiger partial charge is 0.485 e. The van der Waals surface area contributed by atoms with Crippen molar-refractivity contribution < 1.29 is 9.53 Å². The Morgan fingerprint density at radius 3 is 2.67 bits per heavy atom. The van der Waals surface area contributed by atoms with Crippen molar-refractivity contribution in [1.82, 2.24) is 14.7 Å². The van der Waals surface area contributed by atoms with E-state index in [9.17, 15) is 9.70 Å². The molecule has 2 heterocycles. The molecule has 172 valence electrons. The van der Waals surface area contributed by atoms with Gasteiger partial charge in [0, 0.05) is 17.7 Å². The number of imidazole rings is 1. The van der Waals surface area contributed by atoms with Gasteiger partial charge in [-0.2, -0.15) is 4.91 Å². The number of pyridine rings is 1. The molecule has 0 aliphatic heterocycles. The quantitative estimate of drug-likeness (QED) is 0.187. The Morgan fingerprint density at radius 2 is 2.00 bits per heavy atom. The molecule has 0 unspecified atom stereocenters. The second-order valence-electron chi connectivity index (χ2n) is 7.49. The lowest BCUT2D eigenvalue weighted by atomic mass is 9.98. The van der Waals surface area contributed by atoms with Crippen molar-refractivity contribution in [3.05, 3.63) is 80.5 Å². The monoisotopic (exact) mass is 449 g/mol. The van der Waals surface area contributed by atoms with E-state index in [-0.39, 0.29) is 13.1 Å². The molecule has 0 aliphatic carbocycles. The van der Waals surface area contributed by atoms with Crippen LogP contribution in [0.3, 0.4) is 0 Å². The third-order valence-electron chi connectivity index (χ3n) is 5.51. The van der Waals surface area contributed by atoms with Crippen LogP contribution < -0.4 is 10.1 Å². The molecule has 0 bridgehead atoms. The number of aromatic nitrogens is 2. The molecule has 0 fully saturated rings. The molecular formula is C23H27N7O3. The fraction of sp³-hybridized carbons (Fsp3) is 0.391. The van der Waals surface area contributed by atoms with Crippen molar-refractivity contribution in [3.63, 3.8) is 0 Å². The highest BCUT2D eigenvalue weighted by Gasteiger charge is 2.19.